The minimum Gasteiger partial charge on any atom is -0.396 e. The summed E-state index contributed by atoms with van der Waals surface area (Å²) in [4.78, 5) is 2.36. The van der Waals surface area contributed by atoms with Crippen molar-refractivity contribution >= 4 is 0 Å². The molecule has 0 spiro atoms. The number of nitrogens with zero attached hydrogens (tertiary/aromatic N) is 1. The first-order valence-corrected chi connectivity index (χ1v) is 4.96. The highest BCUT2D eigenvalue weighted by atomic mass is 16.2. The van der Waals surface area contributed by atoms with Gasteiger partial charge in [-0.2, -0.15) is 0 Å². The lowest BCUT2D eigenvalue weighted by molar-refractivity contribution is 0.264. The molecular weight excluding hydrogens is 150 g/mol. The molecule has 0 heterocycles. The SMILES string of the molecule is CC(C)CN(C)CCCCCO. The summed E-state index contributed by atoms with van der Waals surface area (Å²) in [5.74, 6) is 0.757. The predicted molar refractivity (Wildman–Crippen MR) is 53.3 cm³/mol. The van der Waals surface area contributed by atoms with E-state index >= 15 is 0 Å². The Morgan fingerprint density at radius 2 is 1.83 bits per heavy atom. The Bertz CT molecular complexity index is 93.8. The Hall–Kier alpha value is -0.0800. The number of hydrogen-bond donors (Lipinski definition) is 1. The summed E-state index contributed by atoms with van der Waals surface area (Å²) in [5.41, 5.74) is 0. The van der Waals surface area contributed by atoms with Crippen LogP contribution < -0.4 is 0 Å². The molecule has 0 aliphatic rings. The molecule has 1 N–H and O–H groups in total. The average Bonchev–Trinajstić information content (AvgIpc) is 1.97. The zero-order chi connectivity index (χ0) is 9.40. The molecule has 0 rings (SSSR count). The number of hydrogen-bond acceptors (Lipinski definition) is 2. The van der Waals surface area contributed by atoms with E-state index < -0.39 is 0 Å². The molecule has 0 aromatic heterocycles. The second kappa shape index (κ2) is 7.56. The third-order valence-electron chi connectivity index (χ3n) is 1.87. The predicted octanol–water partition coefficient (Wildman–Crippen LogP) is 1.74. The van der Waals surface area contributed by atoms with Crippen molar-refractivity contribution in [1.82, 2.24) is 4.90 Å². The summed E-state index contributed by atoms with van der Waals surface area (Å²) < 4.78 is 0. The molecule has 0 saturated carbocycles. The summed E-state index contributed by atoms with van der Waals surface area (Å²) in [6.07, 6.45) is 3.32. The van der Waals surface area contributed by atoms with Gasteiger partial charge >= 0.3 is 0 Å². The first kappa shape index (κ1) is 11.9. The van der Waals surface area contributed by atoms with Crippen LogP contribution in [0, 0.1) is 5.92 Å². The van der Waals surface area contributed by atoms with E-state index in [9.17, 15) is 0 Å². The zero-order valence-electron chi connectivity index (χ0n) is 8.71. The Labute approximate surface area is 76.6 Å². The van der Waals surface area contributed by atoms with Gasteiger partial charge in [0.1, 0.15) is 0 Å². The molecule has 0 amide bonds. The molecule has 0 aliphatic carbocycles. The second-order valence-electron chi connectivity index (χ2n) is 3.94. The highest BCUT2D eigenvalue weighted by molar-refractivity contribution is 4.54. The molecule has 2 nitrogen and oxygen atoms in total. The van der Waals surface area contributed by atoms with Crippen LogP contribution in [0.3, 0.4) is 0 Å². The van der Waals surface area contributed by atoms with Crippen LogP contribution in [0.5, 0.6) is 0 Å². The Balaban J connectivity index is 3.14. The number of unbranched alkanes of at least 4 members (excludes halogenated alkanes) is 2. The van der Waals surface area contributed by atoms with E-state index in [1.807, 2.05) is 0 Å². The van der Waals surface area contributed by atoms with Gasteiger partial charge in [0.05, 0.1) is 0 Å². The molecule has 0 atom stereocenters. The van der Waals surface area contributed by atoms with Crippen molar-refractivity contribution in [2.45, 2.75) is 33.1 Å². The molecule has 74 valence electrons. The van der Waals surface area contributed by atoms with Crippen LogP contribution in [-0.4, -0.2) is 36.8 Å². The van der Waals surface area contributed by atoms with Gasteiger partial charge in [0.2, 0.25) is 0 Å². The van der Waals surface area contributed by atoms with E-state index in [1.165, 1.54) is 13.0 Å². The fourth-order valence-corrected chi connectivity index (χ4v) is 1.38. The van der Waals surface area contributed by atoms with Gasteiger partial charge in [0.15, 0.2) is 0 Å². The van der Waals surface area contributed by atoms with Crippen LogP contribution >= 0.6 is 0 Å². The number of rotatable bonds is 7. The summed E-state index contributed by atoms with van der Waals surface area (Å²) in [7, 11) is 2.17. The lowest BCUT2D eigenvalue weighted by Crippen LogP contribution is -2.24. The van der Waals surface area contributed by atoms with Crippen molar-refractivity contribution in [2.24, 2.45) is 5.92 Å². The molecule has 0 saturated heterocycles. The van der Waals surface area contributed by atoms with Crippen molar-refractivity contribution in [3.63, 3.8) is 0 Å². The van der Waals surface area contributed by atoms with Crippen molar-refractivity contribution < 1.29 is 5.11 Å². The monoisotopic (exact) mass is 173 g/mol. The van der Waals surface area contributed by atoms with Gasteiger partial charge in [-0.3, -0.25) is 0 Å². The standard InChI is InChI=1S/C10H23NO/c1-10(2)9-11(3)7-5-4-6-8-12/h10,12H,4-9H2,1-3H3. The first-order chi connectivity index (χ1) is 5.66. The Morgan fingerprint density at radius 1 is 1.17 bits per heavy atom. The van der Waals surface area contributed by atoms with Crippen LogP contribution in [0.1, 0.15) is 33.1 Å². The molecule has 0 fully saturated rings. The van der Waals surface area contributed by atoms with Gasteiger partial charge in [-0.05, 0) is 38.8 Å². The third-order valence-corrected chi connectivity index (χ3v) is 1.87. The molecule has 2 heteroatoms. The third kappa shape index (κ3) is 8.02. The molecule has 0 unspecified atom stereocenters. The van der Waals surface area contributed by atoms with Gasteiger partial charge in [-0.15, -0.1) is 0 Å². The van der Waals surface area contributed by atoms with Crippen LogP contribution in [0.2, 0.25) is 0 Å². The summed E-state index contributed by atoms with van der Waals surface area (Å²) in [6.45, 7) is 7.17. The van der Waals surface area contributed by atoms with Crippen LogP contribution in [0.4, 0.5) is 0 Å². The highest BCUT2D eigenvalue weighted by Gasteiger charge is 2.00. The normalized spacial score (nSPS) is 11.5. The van der Waals surface area contributed by atoms with Crippen LogP contribution in [0.15, 0.2) is 0 Å². The smallest absolute Gasteiger partial charge is 0.0431 e. The van der Waals surface area contributed by atoms with Crippen molar-refractivity contribution in [3.05, 3.63) is 0 Å². The van der Waals surface area contributed by atoms with E-state index in [0.717, 1.165) is 25.3 Å². The summed E-state index contributed by atoms with van der Waals surface area (Å²) in [6, 6.07) is 0. The fourth-order valence-electron chi connectivity index (χ4n) is 1.38. The molecule has 0 aromatic rings. The lowest BCUT2D eigenvalue weighted by Gasteiger charge is -2.18. The molecule has 0 bridgehead atoms. The second-order valence-corrected chi connectivity index (χ2v) is 3.94. The quantitative estimate of drug-likeness (QED) is 0.593. The number of aliphatic hydroxyl groups is 1. The topological polar surface area (TPSA) is 23.5 Å². The van der Waals surface area contributed by atoms with Gasteiger partial charge in [-0.25, -0.2) is 0 Å². The van der Waals surface area contributed by atoms with Gasteiger partial charge in [-0.1, -0.05) is 13.8 Å². The minimum atomic E-state index is 0.341. The summed E-state index contributed by atoms with van der Waals surface area (Å²) in [5, 5.41) is 8.56. The maximum atomic E-state index is 8.56. The van der Waals surface area contributed by atoms with Gasteiger partial charge < -0.3 is 10.0 Å². The number of aliphatic hydroxyl groups excluding tert-OH is 1. The molecule has 12 heavy (non-hydrogen) atoms. The maximum absolute atomic E-state index is 8.56. The van der Waals surface area contributed by atoms with Gasteiger partial charge in [0, 0.05) is 13.2 Å². The van der Waals surface area contributed by atoms with Gasteiger partial charge in [0.25, 0.3) is 0 Å². The zero-order valence-corrected chi connectivity index (χ0v) is 8.71. The molecular formula is C10H23NO. The van der Waals surface area contributed by atoms with E-state index in [2.05, 4.69) is 25.8 Å². The first-order valence-electron chi connectivity index (χ1n) is 4.96. The Morgan fingerprint density at radius 3 is 2.33 bits per heavy atom. The van der Waals surface area contributed by atoms with E-state index in [-0.39, 0.29) is 0 Å². The molecule has 0 aromatic carbocycles. The average molecular weight is 173 g/mol. The Kier molecular flexibility index (Phi) is 7.51. The minimum absolute atomic E-state index is 0.341. The summed E-state index contributed by atoms with van der Waals surface area (Å²) >= 11 is 0. The lowest BCUT2D eigenvalue weighted by atomic mass is 10.2. The molecule has 0 aliphatic heterocycles. The van der Waals surface area contributed by atoms with Crippen molar-refractivity contribution in [1.29, 1.82) is 0 Å². The van der Waals surface area contributed by atoms with E-state index in [0.29, 0.717) is 6.61 Å². The van der Waals surface area contributed by atoms with Crippen LogP contribution in [0.25, 0.3) is 0 Å². The van der Waals surface area contributed by atoms with Crippen molar-refractivity contribution in [3.8, 4) is 0 Å². The fraction of sp³-hybridized carbons (Fsp3) is 1.00. The maximum Gasteiger partial charge on any atom is 0.0431 e. The molecule has 0 radical (unpaired) electrons. The van der Waals surface area contributed by atoms with Crippen molar-refractivity contribution in [2.75, 3.05) is 26.7 Å². The largest absolute Gasteiger partial charge is 0.396 e. The van der Waals surface area contributed by atoms with E-state index in [1.54, 1.807) is 0 Å². The highest BCUT2D eigenvalue weighted by Crippen LogP contribution is 2.00. The van der Waals surface area contributed by atoms with Crippen LogP contribution in [-0.2, 0) is 0 Å². The van der Waals surface area contributed by atoms with E-state index in [4.69, 9.17) is 5.11 Å².